The maximum atomic E-state index is 16.2. The van der Waals surface area contributed by atoms with Crippen LogP contribution in [0.15, 0.2) is 29.2 Å². The molecule has 41 heavy (non-hydrogen) atoms. The number of ether oxygens (including phenoxy) is 3. The SMILES string of the molecule is [C-]#[N+]CCOP(O[C@@H]1C(F)[C@H](n2cc3c(nc2=O)Nc2c(OCCC)cccc2O3)O[C@@H]1CC)N(C(C)C)C(C)C. The van der Waals surface area contributed by atoms with Gasteiger partial charge in [0.15, 0.2) is 29.7 Å². The van der Waals surface area contributed by atoms with Gasteiger partial charge in [-0.3, -0.25) is 4.57 Å². The highest BCUT2D eigenvalue weighted by molar-refractivity contribution is 7.44. The van der Waals surface area contributed by atoms with Gasteiger partial charge in [-0.2, -0.15) is 4.98 Å². The molecule has 2 aromatic rings. The van der Waals surface area contributed by atoms with Crippen molar-refractivity contribution in [3.05, 3.63) is 46.3 Å². The second-order valence-corrected chi connectivity index (χ2v) is 11.8. The van der Waals surface area contributed by atoms with Crippen molar-refractivity contribution in [3.8, 4) is 17.2 Å². The highest BCUT2D eigenvalue weighted by Crippen LogP contribution is 2.51. The van der Waals surface area contributed by atoms with Crippen LogP contribution in [0, 0.1) is 6.57 Å². The number of aromatic nitrogens is 2. The fraction of sp³-hybridized carbons (Fsp3) is 0.607. The fourth-order valence-electron chi connectivity index (χ4n) is 4.85. The Morgan fingerprint density at radius 2 is 1.98 bits per heavy atom. The molecule has 224 valence electrons. The summed E-state index contributed by atoms with van der Waals surface area (Å²) in [6.45, 7) is 19.9. The van der Waals surface area contributed by atoms with Crippen molar-refractivity contribution >= 4 is 20.0 Å². The van der Waals surface area contributed by atoms with Crippen molar-refractivity contribution in [2.24, 2.45) is 0 Å². The normalized spacial score (nSPS) is 22.2. The molecule has 3 heterocycles. The van der Waals surface area contributed by atoms with Gasteiger partial charge in [-0.25, -0.2) is 20.4 Å². The number of para-hydroxylation sites is 1. The van der Waals surface area contributed by atoms with E-state index in [2.05, 4.69) is 15.1 Å². The van der Waals surface area contributed by atoms with E-state index in [1.54, 1.807) is 6.07 Å². The summed E-state index contributed by atoms with van der Waals surface area (Å²) in [5.74, 6) is 1.55. The van der Waals surface area contributed by atoms with Crippen LogP contribution in [0.2, 0.25) is 0 Å². The maximum Gasteiger partial charge on any atom is 0.352 e. The van der Waals surface area contributed by atoms with Gasteiger partial charge in [-0.1, -0.05) is 19.9 Å². The van der Waals surface area contributed by atoms with Gasteiger partial charge in [0.05, 0.1) is 18.9 Å². The Bertz CT molecular complexity index is 1280. The zero-order valence-corrected chi connectivity index (χ0v) is 25.3. The van der Waals surface area contributed by atoms with Crippen LogP contribution in [0.4, 0.5) is 15.9 Å². The van der Waals surface area contributed by atoms with E-state index >= 15 is 4.39 Å². The van der Waals surface area contributed by atoms with Crippen molar-refractivity contribution in [2.45, 2.75) is 91.1 Å². The second-order valence-electron chi connectivity index (χ2n) is 10.4. The topological polar surface area (TPSA) is 101 Å². The van der Waals surface area contributed by atoms with Crippen LogP contribution < -0.4 is 20.5 Å². The van der Waals surface area contributed by atoms with Gasteiger partial charge < -0.3 is 33.4 Å². The molecule has 0 aliphatic carbocycles. The Labute approximate surface area is 241 Å². The van der Waals surface area contributed by atoms with Crippen molar-refractivity contribution in [3.63, 3.8) is 0 Å². The van der Waals surface area contributed by atoms with Crippen LogP contribution in [-0.4, -0.2) is 64.4 Å². The van der Waals surface area contributed by atoms with Crippen LogP contribution in [0.5, 0.6) is 17.2 Å². The molecule has 5 atom stereocenters. The van der Waals surface area contributed by atoms with Gasteiger partial charge in [-0.05, 0) is 52.7 Å². The molecule has 0 radical (unpaired) electrons. The molecule has 0 spiro atoms. The van der Waals surface area contributed by atoms with Gasteiger partial charge in [0.2, 0.25) is 6.54 Å². The number of rotatable bonds is 13. The minimum atomic E-state index is -1.70. The predicted octanol–water partition coefficient (Wildman–Crippen LogP) is 6.19. The summed E-state index contributed by atoms with van der Waals surface area (Å²) in [4.78, 5) is 20.7. The summed E-state index contributed by atoms with van der Waals surface area (Å²) in [6, 6.07) is 5.49. The second kappa shape index (κ2) is 13.9. The number of anilines is 2. The molecule has 2 aliphatic heterocycles. The first-order valence-corrected chi connectivity index (χ1v) is 15.2. The summed E-state index contributed by atoms with van der Waals surface area (Å²) >= 11 is 0. The summed E-state index contributed by atoms with van der Waals surface area (Å²) in [7, 11) is -1.70. The van der Waals surface area contributed by atoms with Gasteiger partial charge in [0.25, 0.3) is 8.53 Å². The largest absolute Gasteiger partial charge is 0.491 e. The van der Waals surface area contributed by atoms with E-state index in [1.807, 2.05) is 58.3 Å². The van der Waals surface area contributed by atoms with E-state index in [4.69, 9.17) is 29.8 Å². The molecule has 1 aromatic heterocycles. The number of halogens is 1. The molecule has 0 bridgehead atoms. The molecule has 0 saturated carbocycles. The minimum absolute atomic E-state index is 0.0539. The number of hydrogen-bond acceptors (Lipinski definition) is 9. The van der Waals surface area contributed by atoms with E-state index in [-0.39, 0.29) is 36.8 Å². The summed E-state index contributed by atoms with van der Waals surface area (Å²) in [5, 5.41) is 3.13. The number of fused-ring (bicyclic) bond motifs is 2. The number of hydrogen-bond donors (Lipinski definition) is 1. The zero-order valence-electron chi connectivity index (χ0n) is 24.4. The lowest BCUT2D eigenvalue weighted by atomic mass is 10.1. The molecule has 11 nitrogen and oxygen atoms in total. The molecule has 1 fully saturated rings. The molecule has 1 N–H and O–H groups in total. The Morgan fingerprint density at radius 3 is 2.63 bits per heavy atom. The lowest BCUT2D eigenvalue weighted by Crippen LogP contribution is -2.38. The molecule has 2 aliphatic rings. The molecule has 1 saturated heterocycles. The van der Waals surface area contributed by atoms with Crippen LogP contribution >= 0.6 is 8.53 Å². The third kappa shape index (κ3) is 6.82. The average molecular weight is 592 g/mol. The van der Waals surface area contributed by atoms with Crippen LogP contribution in [0.25, 0.3) is 4.85 Å². The van der Waals surface area contributed by atoms with E-state index in [0.29, 0.717) is 30.2 Å². The monoisotopic (exact) mass is 591 g/mol. The third-order valence-electron chi connectivity index (χ3n) is 6.64. The number of alkyl halides is 1. The number of benzene rings is 1. The standard InChI is InChI=1S/C28H39FN5O6P/c1-8-14-36-20-11-10-12-21-24(20)31-26-22(38-21)16-33(28(35)32-26)27-23(29)25(19(9-2)39-27)40-41(37-15-13-30-7)34(17(3)4)18(5)6/h10-12,16-19,23,25,27H,8-9,13-15H2,1-6H3,(H,31,32,35)/t19-,23?,25+,27-,41?/m1/s1. The van der Waals surface area contributed by atoms with E-state index < -0.39 is 38.8 Å². The van der Waals surface area contributed by atoms with Crippen LogP contribution in [0.1, 0.15) is 60.6 Å². The Kier molecular flexibility index (Phi) is 10.6. The maximum absolute atomic E-state index is 16.2. The summed E-state index contributed by atoms with van der Waals surface area (Å²) in [6.07, 6.45) is -1.89. The highest BCUT2D eigenvalue weighted by Gasteiger charge is 2.49. The lowest BCUT2D eigenvalue weighted by Gasteiger charge is -2.37. The van der Waals surface area contributed by atoms with Gasteiger partial charge >= 0.3 is 5.69 Å². The lowest BCUT2D eigenvalue weighted by molar-refractivity contribution is -0.0274. The molecular weight excluding hydrogens is 552 g/mol. The van der Waals surface area contributed by atoms with Gasteiger partial charge in [0, 0.05) is 12.1 Å². The average Bonchev–Trinajstić information content (AvgIpc) is 3.24. The van der Waals surface area contributed by atoms with Gasteiger partial charge in [0.1, 0.15) is 24.1 Å². The van der Waals surface area contributed by atoms with E-state index in [0.717, 1.165) is 11.0 Å². The van der Waals surface area contributed by atoms with Crippen molar-refractivity contribution in [1.82, 2.24) is 14.2 Å². The zero-order chi connectivity index (χ0) is 29.7. The first kappa shape index (κ1) is 31.1. The molecule has 2 unspecified atom stereocenters. The van der Waals surface area contributed by atoms with Crippen LogP contribution in [0.3, 0.4) is 0 Å². The van der Waals surface area contributed by atoms with Gasteiger partial charge in [-0.15, -0.1) is 0 Å². The van der Waals surface area contributed by atoms with E-state index in [1.165, 1.54) is 6.20 Å². The molecule has 4 rings (SSSR count). The Balaban J connectivity index is 1.59. The summed E-state index contributed by atoms with van der Waals surface area (Å²) < 4.78 is 49.6. The molecule has 0 amide bonds. The highest BCUT2D eigenvalue weighted by atomic mass is 31.2. The van der Waals surface area contributed by atoms with Crippen molar-refractivity contribution < 1.29 is 27.6 Å². The third-order valence-corrected chi connectivity index (χ3v) is 8.77. The Hall–Kier alpha value is -2.81. The fourth-order valence-corrected chi connectivity index (χ4v) is 6.61. The predicted molar refractivity (Wildman–Crippen MR) is 155 cm³/mol. The van der Waals surface area contributed by atoms with Crippen molar-refractivity contribution in [1.29, 1.82) is 0 Å². The van der Waals surface area contributed by atoms with Crippen molar-refractivity contribution in [2.75, 3.05) is 25.1 Å². The number of nitrogens with zero attached hydrogens (tertiary/aromatic N) is 4. The smallest absolute Gasteiger partial charge is 0.352 e. The van der Waals surface area contributed by atoms with E-state index in [9.17, 15) is 4.79 Å². The Morgan fingerprint density at radius 1 is 1.22 bits per heavy atom. The molecule has 1 aromatic carbocycles. The minimum Gasteiger partial charge on any atom is -0.491 e. The quantitative estimate of drug-likeness (QED) is 0.142. The first-order chi connectivity index (χ1) is 19.7. The van der Waals surface area contributed by atoms with Crippen LogP contribution in [-0.2, 0) is 13.8 Å². The molecule has 13 heteroatoms. The first-order valence-electron chi connectivity index (χ1n) is 14.0. The molecular formula is C28H39FN5O6P. The number of nitrogens with one attached hydrogen (secondary N) is 1. The summed E-state index contributed by atoms with van der Waals surface area (Å²) in [5.41, 5.74) is -0.121.